The van der Waals surface area contributed by atoms with E-state index in [1.807, 2.05) is 0 Å². The molecule has 1 heterocycles. The van der Waals surface area contributed by atoms with Crippen molar-refractivity contribution in [2.75, 3.05) is 0 Å². The van der Waals surface area contributed by atoms with Gasteiger partial charge in [0.05, 0.1) is 6.04 Å². The van der Waals surface area contributed by atoms with Gasteiger partial charge >= 0.3 is 0 Å². The third-order valence-corrected chi connectivity index (χ3v) is 10.1. The van der Waals surface area contributed by atoms with Crippen molar-refractivity contribution in [2.24, 2.45) is 0 Å². The van der Waals surface area contributed by atoms with E-state index in [4.69, 9.17) is 0 Å². The average Bonchev–Trinajstić information content (AvgIpc) is 3.18. The summed E-state index contributed by atoms with van der Waals surface area (Å²) in [5, 5.41) is 3.86. The van der Waals surface area contributed by atoms with E-state index in [1.165, 1.54) is 72.5 Å². The molecule has 0 radical (unpaired) electrons. The van der Waals surface area contributed by atoms with Gasteiger partial charge < -0.3 is 5.32 Å². The number of hydrogen-bond donors (Lipinski definition) is 1. The van der Waals surface area contributed by atoms with E-state index < -0.39 is 0 Å². The van der Waals surface area contributed by atoms with Crippen LogP contribution < -0.4 is 5.32 Å². The molecule has 0 aromatic heterocycles. The van der Waals surface area contributed by atoms with Crippen LogP contribution in [0.3, 0.4) is 0 Å². The van der Waals surface area contributed by atoms with Crippen molar-refractivity contribution in [2.45, 2.75) is 38.1 Å². The first-order chi connectivity index (χ1) is 24.2. The fourth-order valence-corrected chi connectivity index (χ4v) is 7.60. The molecule has 49 heavy (non-hydrogen) atoms. The molecule has 4 aliphatic rings. The van der Waals surface area contributed by atoms with Crippen LogP contribution in [-0.4, -0.2) is 0 Å². The lowest BCUT2D eigenvalue weighted by molar-refractivity contribution is 0.703. The van der Waals surface area contributed by atoms with Crippen LogP contribution >= 0.6 is 0 Å². The van der Waals surface area contributed by atoms with E-state index in [2.05, 4.69) is 176 Å². The van der Waals surface area contributed by atoms with Gasteiger partial charge in [0.2, 0.25) is 0 Å². The molecule has 1 aliphatic heterocycles. The van der Waals surface area contributed by atoms with Crippen LogP contribution in [0.5, 0.6) is 0 Å². The molecule has 238 valence electrons. The van der Waals surface area contributed by atoms with Gasteiger partial charge in [0.1, 0.15) is 0 Å². The monoisotopic (exact) mass is 631 g/mol. The molecule has 0 fully saturated rings. The van der Waals surface area contributed by atoms with E-state index in [0.717, 1.165) is 37.7 Å². The Hall–Kier alpha value is -5.66. The summed E-state index contributed by atoms with van der Waals surface area (Å²) < 4.78 is 0. The van der Waals surface area contributed by atoms with Crippen LogP contribution in [0.4, 0.5) is 0 Å². The van der Waals surface area contributed by atoms with Crippen molar-refractivity contribution < 1.29 is 0 Å². The highest BCUT2D eigenvalue weighted by Gasteiger charge is 2.22. The lowest BCUT2D eigenvalue weighted by atomic mass is 9.81. The first-order valence-corrected chi connectivity index (χ1v) is 17.6. The highest BCUT2D eigenvalue weighted by molar-refractivity contribution is 5.90. The normalized spacial score (nSPS) is 20.1. The quantitative estimate of drug-likeness (QED) is 0.231. The van der Waals surface area contributed by atoms with Crippen LogP contribution in [-0.2, 0) is 0 Å². The predicted octanol–water partition coefficient (Wildman–Crippen LogP) is 12.4. The number of rotatable bonds is 5. The number of fused-ring (bicyclic) bond motifs is 2. The molecule has 1 unspecified atom stereocenters. The van der Waals surface area contributed by atoms with Gasteiger partial charge in [-0.15, -0.1) is 0 Å². The van der Waals surface area contributed by atoms with Gasteiger partial charge in [0.25, 0.3) is 0 Å². The van der Waals surface area contributed by atoms with Crippen molar-refractivity contribution in [3.63, 3.8) is 0 Å². The Labute approximate surface area is 291 Å². The second-order valence-corrected chi connectivity index (χ2v) is 13.2. The summed E-state index contributed by atoms with van der Waals surface area (Å²) in [6.45, 7) is 4.38. The van der Waals surface area contributed by atoms with Crippen molar-refractivity contribution in [3.05, 3.63) is 215 Å². The minimum Gasteiger partial charge on any atom is -0.374 e. The molecule has 4 aromatic carbocycles. The Balaban J connectivity index is 1.18. The minimum absolute atomic E-state index is 0.0985. The summed E-state index contributed by atoms with van der Waals surface area (Å²) in [6.07, 6.45) is 27.7. The van der Waals surface area contributed by atoms with E-state index in [0.29, 0.717) is 0 Å². The maximum absolute atomic E-state index is 4.38. The van der Waals surface area contributed by atoms with Crippen LogP contribution in [0.25, 0.3) is 33.4 Å². The Morgan fingerprint density at radius 1 is 0.612 bits per heavy atom. The average molecular weight is 632 g/mol. The fraction of sp³-hybridized carbons (Fsp3) is 0.125. The summed E-state index contributed by atoms with van der Waals surface area (Å²) in [5.41, 5.74) is 18.0. The predicted molar refractivity (Wildman–Crippen MR) is 209 cm³/mol. The lowest BCUT2D eigenvalue weighted by Crippen LogP contribution is -2.24. The van der Waals surface area contributed by atoms with E-state index >= 15 is 0 Å². The Morgan fingerprint density at radius 3 is 2.22 bits per heavy atom. The SMILES string of the molecule is C=C1/C=C\C=C/CC2=C(CCC(c3cccc(-c4ccccc4C4=CC(c5ccccc5)NC(C5=CC=CCC5)=C4)c3)=C2)c2ccccc21. The first-order valence-electron chi connectivity index (χ1n) is 17.6. The molecule has 8 rings (SSSR count). The zero-order chi connectivity index (χ0) is 33.0. The van der Waals surface area contributed by atoms with Crippen molar-refractivity contribution in [1.82, 2.24) is 5.32 Å². The van der Waals surface area contributed by atoms with Gasteiger partial charge in [-0.05, 0) is 123 Å². The molecule has 1 nitrogen and oxygen atoms in total. The van der Waals surface area contributed by atoms with E-state index in [-0.39, 0.29) is 6.04 Å². The zero-order valence-electron chi connectivity index (χ0n) is 27.9. The zero-order valence-corrected chi connectivity index (χ0v) is 27.9. The molecule has 0 saturated heterocycles. The largest absolute Gasteiger partial charge is 0.374 e. The van der Waals surface area contributed by atoms with E-state index in [9.17, 15) is 0 Å². The Kier molecular flexibility index (Phi) is 8.65. The summed E-state index contributed by atoms with van der Waals surface area (Å²) in [5.74, 6) is 0. The van der Waals surface area contributed by atoms with Gasteiger partial charge in [-0.3, -0.25) is 0 Å². The smallest absolute Gasteiger partial charge is 0.0707 e. The fourth-order valence-electron chi connectivity index (χ4n) is 7.60. The maximum Gasteiger partial charge on any atom is 0.0707 e. The highest BCUT2D eigenvalue weighted by atomic mass is 14.9. The highest BCUT2D eigenvalue weighted by Crippen LogP contribution is 2.42. The van der Waals surface area contributed by atoms with Crippen molar-refractivity contribution in [1.29, 1.82) is 0 Å². The lowest BCUT2D eigenvalue weighted by Gasteiger charge is -2.28. The van der Waals surface area contributed by atoms with Crippen molar-refractivity contribution in [3.8, 4) is 11.1 Å². The molecule has 1 atom stereocenters. The van der Waals surface area contributed by atoms with Gasteiger partial charge in [-0.1, -0.05) is 152 Å². The number of nitrogens with one attached hydrogen (secondary N) is 1. The second kappa shape index (κ2) is 13.8. The Morgan fingerprint density at radius 2 is 1.39 bits per heavy atom. The third-order valence-electron chi connectivity index (χ3n) is 10.1. The maximum atomic E-state index is 4.38. The van der Waals surface area contributed by atoms with E-state index in [1.54, 1.807) is 0 Å². The summed E-state index contributed by atoms with van der Waals surface area (Å²) >= 11 is 0. The summed E-state index contributed by atoms with van der Waals surface area (Å²) in [4.78, 5) is 0. The van der Waals surface area contributed by atoms with Crippen LogP contribution in [0.15, 0.2) is 187 Å². The van der Waals surface area contributed by atoms with Gasteiger partial charge in [0.15, 0.2) is 0 Å². The number of allylic oxidation sites excluding steroid dienone is 15. The van der Waals surface area contributed by atoms with Gasteiger partial charge in [-0.25, -0.2) is 0 Å². The molecule has 1 heteroatoms. The molecule has 0 saturated carbocycles. The molecular formula is C48H41N. The number of benzene rings is 4. The standard InChI is InChI=1S/C48H41N/c1-34-16-5-2-10-21-39-31-38(28-29-45(39)46-27-14-11-24-42(34)46)37-22-15-23-40(30-37)43-25-12-13-26-44(43)41-32-47(35-17-6-3-7-18-35)49-48(33-41)36-19-8-4-9-20-36/h2-8,10-19,22-27,30-33,47,49H,1,9,20-21,28-29H2/b10-2-,16-5-. The molecular weight excluding hydrogens is 591 g/mol. The first kappa shape index (κ1) is 30.7. The Bertz CT molecular complexity index is 2170. The minimum atomic E-state index is 0.0985. The molecule has 4 aromatic rings. The topological polar surface area (TPSA) is 12.0 Å². The van der Waals surface area contributed by atoms with Gasteiger partial charge in [-0.2, -0.15) is 0 Å². The van der Waals surface area contributed by atoms with Crippen LogP contribution in [0.1, 0.15) is 66.0 Å². The number of hydrogen-bond acceptors (Lipinski definition) is 1. The summed E-state index contributed by atoms with van der Waals surface area (Å²) in [7, 11) is 0. The van der Waals surface area contributed by atoms with Crippen LogP contribution in [0.2, 0.25) is 0 Å². The molecule has 0 amide bonds. The molecule has 3 aliphatic carbocycles. The van der Waals surface area contributed by atoms with Crippen LogP contribution in [0, 0.1) is 0 Å². The second-order valence-electron chi connectivity index (χ2n) is 13.2. The number of dihydropyridines is 1. The van der Waals surface area contributed by atoms with Gasteiger partial charge in [0, 0.05) is 5.70 Å². The summed E-state index contributed by atoms with van der Waals surface area (Å²) in [6, 6.07) is 37.7. The van der Waals surface area contributed by atoms with Crippen molar-refractivity contribution >= 4 is 22.3 Å². The molecule has 0 bridgehead atoms. The molecule has 0 spiro atoms. The third kappa shape index (κ3) is 6.45. The molecule has 1 N–H and O–H groups in total.